The molecule has 3 aromatic rings. The number of nitrogens with two attached hydrogens (primary N) is 1. The van der Waals surface area contributed by atoms with Gasteiger partial charge in [0.05, 0.1) is 19.8 Å². The Morgan fingerprint density at radius 2 is 1.88 bits per heavy atom. The lowest BCUT2D eigenvalue weighted by Gasteiger charge is -2.10. The molecule has 0 unspecified atom stereocenters. The number of rotatable bonds is 6. The van der Waals surface area contributed by atoms with Gasteiger partial charge in [-0.25, -0.2) is 4.98 Å². The highest BCUT2D eigenvalue weighted by molar-refractivity contribution is 5.61. The quantitative estimate of drug-likeness (QED) is 0.720. The van der Waals surface area contributed by atoms with Crippen LogP contribution in [-0.2, 0) is 0 Å². The lowest BCUT2D eigenvalue weighted by Crippen LogP contribution is -2.13. The Labute approximate surface area is 147 Å². The van der Waals surface area contributed by atoms with Crippen molar-refractivity contribution in [2.45, 2.75) is 19.9 Å². The van der Waals surface area contributed by atoms with E-state index in [0.717, 1.165) is 11.1 Å². The average molecular weight is 338 g/mol. The molecule has 0 saturated heterocycles. The van der Waals surface area contributed by atoms with Crippen LogP contribution in [0.25, 0.3) is 11.4 Å². The summed E-state index contributed by atoms with van der Waals surface area (Å²) < 4.78 is 10.9. The van der Waals surface area contributed by atoms with Gasteiger partial charge in [-0.15, -0.1) is 0 Å². The minimum absolute atomic E-state index is 0.355. The lowest BCUT2D eigenvalue weighted by atomic mass is 10.1. The molecule has 0 fully saturated rings. The van der Waals surface area contributed by atoms with Gasteiger partial charge in [0, 0.05) is 5.56 Å². The molecular formula is C19H22N4O2. The Kier molecular flexibility index (Phi) is 5.00. The molecule has 0 aliphatic carbocycles. The first kappa shape index (κ1) is 17.0. The Balaban J connectivity index is 1.88. The average Bonchev–Trinajstić information content (AvgIpc) is 3.12. The second-order valence-electron chi connectivity index (χ2n) is 5.73. The molecule has 130 valence electrons. The van der Waals surface area contributed by atoms with Crippen molar-refractivity contribution in [3.05, 3.63) is 59.4 Å². The molecule has 1 atom stereocenters. The van der Waals surface area contributed by atoms with Crippen molar-refractivity contribution in [1.82, 2.24) is 15.2 Å². The third-order valence-corrected chi connectivity index (χ3v) is 3.96. The minimum Gasteiger partial charge on any atom is -0.493 e. The van der Waals surface area contributed by atoms with E-state index in [1.807, 2.05) is 56.3 Å². The summed E-state index contributed by atoms with van der Waals surface area (Å²) in [4.78, 5) is 4.55. The molecular weight excluding hydrogens is 316 g/mol. The molecule has 0 spiro atoms. The number of nitrogens with one attached hydrogen (secondary N) is 1. The molecule has 0 bridgehead atoms. The fourth-order valence-corrected chi connectivity index (χ4v) is 2.56. The van der Waals surface area contributed by atoms with Crippen LogP contribution in [0.2, 0.25) is 0 Å². The van der Waals surface area contributed by atoms with Gasteiger partial charge in [-0.1, -0.05) is 29.8 Å². The number of methoxy groups -OCH3 is 1. The van der Waals surface area contributed by atoms with Crippen molar-refractivity contribution in [3.63, 3.8) is 0 Å². The molecule has 6 heteroatoms. The zero-order valence-corrected chi connectivity index (χ0v) is 14.6. The third-order valence-electron chi connectivity index (χ3n) is 3.96. The van der Waals surface area contributed by atoms with E-state index in [0.29, 0.717) is 29.8 Å². The maximum atomic E-state index is 6.30. The largest absolute Gasteiger partial charge is 0.493 e. The molecule has 3 rings (SSSR count). The van der Waals surface area contributed by atoms with Gasteiger partial charge in [0.1, 0.15) is 5.82 Å². The number of hydrogen-bond acceptors (Lipinski definition) is 5. The van der Waals surface area contributed by atoms with Crippen LogP contribution in [0.1, 0.15) is 29.9 Å². The molecule has 0 aliphatic heterocycles. The van der Waals surface area contributed by atoms with Crippen molar-refractivity contribution in [3.8, 4) is 22.9 Å². The Bertz CT molecular complexity index is 843. The summed E-state index contributed by atoms with van der Waals surface area (Å²) >= 11 is 0. The zero-order valence-electron chi connectivity index (χ0n) is 14.6. The molecule has 2 aromatic carbocycles. The Hall–Kier alpha value is -2.86. The number of aromatic amines is 1. The van der Waals surface area contributed by atoms with Crippen LogP contribution < -0.4 is 15.2 Å². The molecule has 1 heterocycles. The van der Waals surface area contributed by atoms with Crippen molar-refractivity contribution in [2.24, 2.45) is 5.73 Å². The second-order valence-corrected chi connectivity index (χ2v) is 5.73. The van der Waals surface area contributed by atoms with E-state index in [-0.39, 0.29) is 6.04 Å². The van der Waals surface area contributed by atoms with Gasteiger partial charge in [0.15, 0.2) is 17.3 Å². The van der Waals surface area contributed by atoms with Crippen molar-refractivity contribution in [1.29, 1.82) is 0 Å². The normalized spacial score (nSPS) is 12.0. The van der Waals surface area contributed by atoms with E-state index in [1.165, 1.54) is 5.56 Å². The first-order valence-corrected chi connectivity index (χ1v) is 8.18. The van der Waals surface area contributed by atoms with E-state index in [2.05, 4.69) is 15.2 Å². The van der Waals surface area contributed by atoms with Gasteiger partial charge in [-0.05, 0) is 37.6 Å². The number of ether oxygens (including phenoxy) is 2. The molecule has 1 aromatic heterocycles. The fraction of sp³-hybridized carbons (Fsp3) is 0.263. The number of hydrogen-bond donors (Lipinski definition) is 2. The highest BCUT2D eigenvalue weighted by atomic mass is 16.5. The number of aromatic nitrogens is 3. The summed E-state index contributed by atoms with van der Waals surface area (Å²) in [5, 5.41) is 7.23. The van der Waals surface area contributed by atoms with E-state index in [4.69, 9.17) is 15.2 Å². The molecule has 3 N–H and O–H groups in total. The first-order chi connectivity index (χ1) is 12.1. The summed E-state index contributed by atoms with van der Waals surface area (Å²) in [5.74, 6) is 2.53. The number of nitrogens with zero attached hydrogens (tertiary/aromatic N) is 2. The van der Waals surface area contributed by atoms with E-state index in [1.54, 1.807) is 7.11 Å². The van der Waals surface area contributed by atoms with Gasteiger partial charge in [-0.3, -0.25) is 5.10 Å². The van der Waals surface area contributed by atoms with E-state index in [9.17, 15) is 0 Å². The highest BCUT2D eigenvalue weighted by Gasteiger charge is 2.16. The molecule has 0 amide bonds. The third kappa shape index (κ3) is 3.64. The summed E-state index contributed by atoms with van der Waals surface area (Å²) in [6.45, 7) is 4.52. The van der Waals surface area contributed by atoms with Gasteiger partial charge in [0.25, 0.3) is 0 Å². The minimum atomic E-state index is -0.355. The fourth-order valence-electron chi connectivity index (χ4n) is 2.56. The van der Waals surface area contributed by atoms with Crippen molar-refractivity contribution < 1.29 is 9.47 Å². The lowest BCUT2D eigenvalue weighted by molar-refractivity contribution is 0.311. The van der Waals surface area contributed by atoms with Crippen molar-refractivity contribution >= 4 is 0 Å². The topological polar surface area (TPSA) is 86.0 Å². The zero-order chi connectivity index (χ0) is 17.8. The molecule has 0 saturated carbocycles. The maximum Gasteiger partial charge on any atom is 0.181 e. The van der Waals surface area contributed by atoms with Gasteiger partial charge >= 0.3 is 0 Å². The van der Waals surface area contributed by atoms with Gasteiger partial charge in [-0.2, -0.15) is 5.10 Å². The summed E-state index contributed by atoms with van der Waals surface area (Å²) in [6, 6.07) is 13.3. The van der Waals surface area contributed by atoms with Crippen LogP contribution in [0.3, 0.4) is 0 Å². The van der Waals surface area contributed by atoms with Crippen LogP contribution in [-0.4, -0.2) is 28.9 Å². The predicted octanol–water partition coefficient (Wildman–Crippen LogP) is 3.24. The summed E-state index contributed by atoms with van der Waals surface area (Å²) in [6.07, 6.45) is 0. The SMILES string of the molecule is CCOc1cc(-c2n[nH]c([C@@H](N)c3ccc(C)cc3)n2)ccc1OC. The Morgan fingerprint density at radius 1 is 1.12 bits per heavy atom. The first-order valence-electron chi connectivity index (χ1n) is 8.18. The van der Waals surface area contributed by atoms with Crippen molar-refractivity contribution in [2.75, 3.05) is 13.7 Å². The molecule has 6 nitrogen and oxygen atoms in total. The second kappa shape index (κ2) is 7.36. The Morgan fingerprint density at radius 3 is 2.56 bits per heavy atom. The molecule has 25 heavy (non-hydrogen) atoms. The van der Waals surface area contributed by atoms with Crippen LogP contribution >= 0.6 is 0 Å². The number of aryl methyl sites for hydroxylation is 1. The van der Waals surface area contributed by atoms with Crippen LogP contribution in [0, 0.1) is 6.92 Å². The standard InChI is InChI=1S/C19H22N4O2/c1-4-25-16-11-14(9-10-15(16)24-3)18-21-19(23-22-18)17(20)13-7-5-12(2)6-8-13/h5-11,17H,4,20H2,1-3H3,(H,21,22,23)/t17-/m0/s1. The smallest absolute Gasteiger partial charge is 0.181 e. The van der Waals surface area contributed by atoms with E-state index < -0.39 is 0 Å². The van der Waals surface area contributed by atoms with Gasteiger partial charge in [0.2, 0.25) is 0 Å². The highest BCUT2D eigenvalue weighted by Crippen LogP contribution is 2.31. The monoisotopic (exact) mass is 338 g/mol. The maximum absolute atomic E-state index is 6.30. The van der Waals surface area contributed by atoms with Crippen LogP contribution in [0.15, 0.2) is 42.5 Å². The summed E-state index contributed by atoms with van der Waals surface area (Å²) in [5.41, 5.74) is 9.31. The molecule has 0 aliphatic rings. The van der Waals surface area contributed by atoms with E-state index >= 15 is 0 Å². The van der Waals surface area contributed by atoms with Gasteiger partial charge < -0.3 is 15.2 Å². The predicted molar refractivity (Wildman–Crippen MR) is 96.7 cm³/mol. The summed E-state index contributed by atoms with van der Waals surface area (Å²) in [7, 11) is 1.61. The van der Waals surface area contributed by atoms with Crippen LogP contribution in [0.5, 0.6) is 11.5 Å². The number of benzene rings is 2. The van der Waals surface area contributed by atoms with Crippen LogP contribution in [0.4, 0.5) is 0 Å². The number of H-pyrrole nitrogens is 1. The molecule has 0 radical (unpaired) electrons.